The van der Waals surface area contributed by atoms with Crippen molar-refractivity contribution in [1.29, 1.82) is 0 Å². The zero-order chi connectivity index (χ0) is 38.1. The normalized spacial score (nSPS) is 14.8. The molecule has 5 rings (SSSR count). The van der Waals surface area contributed by atoms with Gasteiger partial charge in [0.25, 0.3) is 0 Å². The first-order valence-corrected chi connectivity index (χ1v) is 18.9. The van der Waals surface area contributed by atoms with E-state index in [-0.39, 0.29) is 0 Å². The maximum atomic E-state index is 6.92. The summed E-state index contributed by atoms with van der Waals surface area (Å²) in [5, 5.41) is 0. The molecule has 0 fully saturated rings. The van der Waals surface area contributed by atoms with Gasteiger partial charge in [-0.25, -0.2) is 0 Å². The number of benzene rings is 3. The molecule has 0 saturated carbocycles. The van der Waals surface area contributed by atoms with Crippen molar-refractivity contribution in [3.8, 4) is 0 Å². The molecule has 0 saturated heterocycles. The average molecular weight is 670 g/mol. The van der Waals surface area contributed by atoms with Crippen molar-refractivity contribution in [3.05, 3.63) is 140 Å². The zero-order valence-corrected chi connectivity index (χ0v) is 34.2. The first kappa shape index (κ1) is 42.3. The Labute approximate surface area is 307 Å². The van der Waals surface area contributed by atoms with E-state index >= 15 is 0 Å². The van der Waals surface area contributed by atoms with E-state index < -0.39 is 5.54 Å². The quantitative estimate of drug-likeness (QED) is 0.269. The molecule has 2 aliphatic carbocycles. The van der Waals surface area contributed by atoms with Gasteiger partial charge in [-0.2, -0.15) is 0 Å². The number of hydrogen-bond donors (Lipinski definition) is 1. The first-order chi connectivity index (χ1) is 23.6. The predicted molar refractivity (Wildman–Crippen MR) is 226 cm³/mol. The molecule has 2 aliphatic rings. The molecule has 1 unspecified atom stereocenters. The van der Waals surface area contributed by atoms with Gasteiger partial charge in [-0.3, -0.25) is 0 Å². The summed E-state index contributed by atoms with van der Waals surface area (Å²) >= 11 is 0. The third kappa shape index (κ3) is 8.71. The maximum absolute atomic E-state index is 6.92. The lowest BCUT2D eigenvalue weighted by atomic mass is 9.81. The van der Waals surface area contributed by atoms with E-state index in [1.54, 1.807) is 11.1 Å². The smallest absolute Gasteiger partial charge is 0.0637 e. The summed E-state index contributed by atoms with van der Waals surface area (Å²) < 4.78 is 0. The van der Waals surface area contributed by atoms with Gasteiger partial charge in [-0.15, -0.1) is 11.5 Å². The Morgan fingerprint density at radius 3 is 1.50 bits per heavy atom. The van der Waals surface area contributed by atoms with E-state index in [9.17, 15) is 0 Å². The lowest BCUT2D eigenvalue weighted by Crippen LogP contribution is -2.34. The van der Waals surface area contributed by atoms with Gasteiger partial charge in [-0.1, -0.05) is 119 Å². The van der Waals surface area contributed by atoms with Crippen molar-refractivity contribution in [2.24, 2.45) is 5.73 Å². The summed E-state index contributed by atoms with van der Waals surface area (Å²) in [7, 11) is 0. The summed E-state index contributed by atoms with van der Waals surface area (Å²) in [6.45, 7) is 42.7. The molecule has 0 aliphatic heterocycles. The van der Waals surface area contributed by atoms with Gasteiger partial charge in [0.15, 0.2) is 0 Å². The lowest BCUT2D eigenvalue weighted by Gasteiger charge is -2.27. The Morgan fingerprint density at radius 2 is 1.10 bits per heavy atom. The van der Waals surface area contributed by atoms with Crippen LogP contribution in [0, 0.1) is 27.7 Å². The van der Waals surface area contributed by atoms with Gasteiger partial charge in [0.1, 0.15) is 0 Å². The van der Waals surface area contributed by atoms with Gasteiger partial charge in [0, 0.05) is 24.0 Å². The number of nitrogens with two attached hydrogens (primary N) is 1. The van der Waals surface area contributed by atoms with E-state index in [1.807, 2.05) is 13.8 Å². The summed E-state index contributed by atoms with van der Waals surface area (Å²) in [5.74, 6) is 1.25. The molecule has 1 heteroatoms. The van der Waals surface area contributed by atoms with Crippen LogP contribution in [0.5, 0.6) is 0 Å². The van der Waals surface area contributed by atoms with Crippen molar-refractivity contribution in [2.75, 3.05) is 0 Å². The van der Waals surface area contributed by atoms with Crippen LogP contribution in [0.4, 0.5) is 0 Å². The second-order valence-corrected chi connectivity index (χ2v) is 14.5. The van der Waals surface area contributed by atoms with E-state index in [0.717, 1.165) is 52.7 Å². The Hall–Kier alpha value is -3.86. The van der Waals surface area contributed by atoms with Gasteiger partial charge in [0.05, 0.1) is 5.54 Å². The van der Waals surface area contributed by atoms with Crippen molar-refractivity contribution < 1.29 is 0 Å². The molecule has 0 radical (unpaired) electrons. The second-order valence-electron chi connectivity index (χ2n) is 14.5. The van der Waals surface area contributed by atoms with Gasteiger partial charge < -0.3 is 5.73 Å². The fraction of sp³-hybridized carbons (Fsp3) is 0.429. The molecule has 0 aromatic heterocycles. The van der Waals surface area contributed by atoms with Crippen LogP contribution in [0.3, 0.4) is 0 Å². The van der Waals surface area contributed by atoms with Crippen LogP contribution in [0.1, 0.15) is 174 Å². The molecule has 1 atom stereocenters. The van der Waals surface area contributed by atoms with E-state index in [4.69, 9.17) is 5.73 Å². The van der Waals surface area contributed by atoms with Crippen molar-refractivity contribution >= 4 is 22.3 Å². The minimum atomic E-state index is -0.617. The standard InChI is InChI=1S/C28H27N.C16H26.C3H8.C2H6/c1-6-9-21-15-20(8-3)27-17-23(11-13-25(21)27)28(5,29)22-10-12-24-19(7-2)14-18(4)26(24)16-22;1-9(2)15-11(5)13(7)16(10(3)4)14(8)12(15)6;1-3-2;1-2/h9-13,16-17H,2-4,6,14-15,29H2,1,5H3;9-10H,1-8H3;3H2,1-2H3;1-2H3/b21-9+;;;. The minimum absolute atomic E-state index is 0.617. The van der Waals surface area contributed by atoms with E-state index in [0.29, 0.717) is 11.8 Å². The van der Waals surface area contributed by atoms with Crippen molar-refractivity contribution in [3.63, 3.8) is 0 Å². The average Bonchev–Trinajstić information content (AvgIpc) is 3.61. The number of hydrogen-bond acceptors (Lipinski definition) is 1. The second kappa shape index (κ2) is 18.4. The zero-order valence-electron chi connectivity index (χ0n) is 34.2. The Morgan fingerprint density at radius 1 is 0.700 bits per heavy atom. The van der Waals surface area contributed by atoms with E-state index in [2.05, 4.69) is 157 Å². The van der Waals surface area contributed by atoms with Crippen LogP contribution in [0.15, 0.2) is 73.7 Å². The summed E-state index contributed by atoms with van der Waals surface area (Å²) in [4.78, 5) is 0. The third-order valence-electron chi connectivity index (χ3n) is 10.1. The topological polar surface area (TPSA) is 26.0 Å². The SMILES string of the molecule is C=C=C1CC(=C)c2cc(C(C)(N)c3ccc4c(c3)C(=C=C)C/C4=C\CC)ccc21.CC.CCC.Cc1c(C)c(C(C)C)c(C)c(C)c1C(C)C. The van der Waals surface area contributed by atoms with Gasteiger partial charge in [-0.05, 0) is 143 Å². The highest BCUT2D eigenvalue weighted by atomic mass is 14.7. The molecule has 3 aromatic carbocycles. The number of allylic oxidation sites excluding steroid dienone is 5. The molecule has 1 nitrogen and oxygen atoms in total. The van der Waals surface area contributed by atoms with Gasteiger partial charge >= 0.3 is 0 Å². The van der Waals surface area contributed by atoms with Gasteiger partial charge in [0.2, 0.25) is 0 Å². The molecule has 0 bridgehead atoms. The molecular formula is C49H67N. The summed E-state index contributed by atoms with van der Waals surface area (Å²) in [5.41, 5.74) is 33.3. The Bertz CT molecular complexity index is 1750. The fourth-order valence-corrected chi connectivity index (χ4v) is 7.62. The summed E-state index contributed by atoms with van der Waals surface area (Å²) in [6, 6.07) is 13.0. The van der Waals surface area contributed by atoms with Crippen LogP contribution >= 0.6 is 0 Å². The first-order valence-electron chi connectivity index (χ1n) is 18.9. The lowest BCUT2D eigenvalue weighted by molar-refractivity contribution is 0.603. The highest BCUT2D eigenvalue weighted by Crippen LogP contribution is 2.44. The minimum Gasteiger partial charge on any atom is -0.318 e. The monoisotopic (exact) mass is 670 g/mol. The molecular weight excluding hydrogens is 603 g/mol. The number of fused-ring (bicyclic) bond motifs is 2. The Kier molecular flexibility index (Phi) is 15.6. The fourth-order valence-electron chi connectivity index (χ4n) is 7.62. The largest absolute Gasteiger partial charge is 0.318 e. The predicted octanol–water partition coefficient (Wildman–Crippen LogP) is 14.5. The maximum Gasteiger partial charge on any atom is 0.0637 e. The van der Waals surface area contributed by atoms with Crippen molar-refractivity contribution in [1.82, 2.24) is 0 Å². The van der Waals surface area contributed by atoms with Crippen molar-refractivity contribution in [2.45, 2.75) is 140 Å². The van der Waals surface area contributed by atoms with Crippen LogP contribution in [0.25, 0.3) is 22.3 Å². The third-order valence-corrected chi connectivity index (χ3v) is 10.1. The molecule has 50 heavy (non-hydrogen) atoms. The highest BCUT2D eigenvalue weighted by molar-refractivity contribution is 5.93. The molecule has 0 spiro atoms. The Balaban J connectivity index is 0.000000350. The molecule has 0 heterocycles. The molecule has 268 valence electrons. The summed E-state index contributed by atoms with van der Waals surface area (Å²) in [6.07, 6.45) is 6.27. The number of rotatable bonds is 5. The van der Waals surface area contributed by atoms with E-state index in [1.165, 1.54) is 50.9 Å². The molecule has 0 amide bonds. The van der Waals surface area contributed by atoms with Crippen LogP contribution in [0.2, 0.25) is 0 Å². The molecule has 2 N–H and O–H groups in total. The van der Waals surface area contributed by atoms with Crippen LogP contribution in [-0.4, -0.2) is 0 Å². The molecule has 3 aromatic rings. The van der Waals surface area contributed by atoms with Crippen LogP contribution in [-0.2, 0) is 5.54 Å². The highest BCUT2D eigenvalue weighted by Gasteiger charge is 2.30. The van der Waals surface area contributed by atoms with Crippen LogP contribution < -0.4 is 5.73 Å².